The van der Waals surface area contributed by atoms with Crippen molar-refractivity contribution in [2.75, 3.05) is 0 Å². The normalized spacial score (nSPS) is 50.7. The van der Waals surface area contributed by atoms with Gasteiger partial charge in [0, 0.05) is 4.75 Å². The number of thiol groups is 1. The second-order valence-corrected chi connectivity index (χ2v) is 7.80. The average Bonchev–Trinajstić information content (AvgIpc) is 2.24. The summed E-state index contributed by atoms with van der Waals surface area (Å²) < 4.78 is 0.224. The van der Waals surface area contributed by atoms with Crippen molar-refractivity contribution < 1.29 is 0 Å². The lowest BCUT2D eigenvalue weighted by Gasteiger charge is -2.64. The second-order valence-electron chi connectivity index (χ2n) is 7.06. The first-order chi connectivity index (χ1) is 7.47. The smallest absolute Gasteiger partial charge is 0.0271 e. The van der Waals surface area contributed by atoms with E-state index in [0.717, 1.165) is 23.7 Å². The largest absolute Gasteiger partial charge is 0.171 e. The fourth-order valence-corrected chi connectivity index (χ4v) is 5.63. The van der Waals surface area contributed by atoms with Gasteiger partial charge >= 0.3 is 0 Å². The molecule has 0 N–H and O–H groups in total. The van der Waals surface area contributed by atoms with E-state index >= 15 is 0 Å². The molecule has 0 radical (unpaired) electrons. The molecule has 0 nitrogen and oxygen atoms in total. The Morgan fingerprint density at radius 1 is 1.06 bits per heavy atom. The second kappa shape index (κ2) is 3.31. The van der Waals surface area contributed by atoms with Crippen molar-refractivity contribution in [3.05, 3.63) is 12.7 Å². The van der Waals surface area contributed by atoms with Gasteiger partial charge < -0.3 is 0 Å². The first-order valence-electron chi connectivity index (χ1n) is 6.83. The summed E-state index contributed by atoms with van der Waals surface area (Å²) in [5.41, 5.74) is 0.179. The van der Waals surface area contributed by atoms with Gasteiger partial charge in [0.25, 0.3) is 0 Å². The number of rotatable bonds is 2. The van der Waals surface area contributed by atoms with E-state index in [9.17, 15) is 0 Å². The third kappa shape index (κ3) is 1.24. The third-order valence-corrected chi connectivity index (χ3v) is 7.23. The molecule has 4 bridgehead atoms. The number of allylic oxidation sites excluding steroid dienone is 1. The minimum absolute atomic E-state index is 0.179. The molecular formula is C15H24S. The molecule has 0 heterocycles. The fraction of sp³-hybridized carbons (Fsp3) is 0.867. The van der Waals surface area contributed by atoms with Crippen LogP contribution in [0.25, 0.3) is 0 Å². The fourth-order valence-electron chi connectivity index (χ4n) is 5.12. The average molecular weight is 236 g/mol. The van der Waals surface area contributed by atoms with E-state index < -0.39 is 0 Å². The zero-order chi connectivity index (χ0) is 11.6. The molecule has 4 aliphatic rings. The van der Waals surface area contributed by atoms with Gasteiger partial charge in [-0.05, 0) is 61.2 Å². The Morgan fingerprint density at radius 2 is 1.50 bits per heavy atom. The van der Waals surface area contributed by atoms with Crippen LogP contribution >= 0.6 is 12.6 Å². The van der Waals surface area contributed by atoms with E-state index in [1.807, 2.05) is 0 Å². The summed E-state index contributed by atoms with van der Waals surface area (Å²) in [6, 6.07) is 0. The van der Waals surface area contributed by atoms with Crippen molar-refractivity contribution in [1.82, 2.24) is 0 Å². The van der Waals surface area contributed by atoms with Gasteiger partial charge in [0.15, 0.2) is 0 Å². The summed E-state index contributed by atoms with van der Waals surface area (Å²) in [6.45, 7) is 8.75. The van der Waals surface area contributed by atoms with Crippen LogP contribution in [-0.4, -0.2) is 4.75 Å². The summed E-state index contributed by atoms with van der Waals surface area (Å²) in [7, 11) is 0. The Kier molecular flexibility index (Phi) is 2.32. The zero-order valence-corrected chi connectivity index (χ0v) is 11.5. The number of hydrogen-bond donors (Lipinski definition) is 1. The Morgan fingerprint density at radius 3 is 1.88 bits per heavy atom. The first kappa shape index (κ1) is 11.2. The van der Waals surface area contributed by atoms with Crippen molar-refractivity contribution in [2.45, 2.75) is 50.7 Å². The van der Waals surface area contributed by atoms with Crippen LogP contribution in [0, 0.1) is 29.1 Å². The monoisotopic (exact) mass is 236 g/mol. The SMILES string of the molecule is C=CC(C)(C)C1(S)C2CC3CC(C2)CC1C3. The molecule has 0 aromatic carbocycles. The van der Waals surface area contributed by atoms with Crippen LogP contribution in [0.15, 0.2) is 12.7 Å². The molecular weight excluding hydrogens is 212 g/mol. The zero-order valence-electron chi connectivity index (χ0n) is 10.6. The molecule has 4 saturated carbocycles. The minimum Gasteiger partial charge on any atom is -0.171 e. The summed E-state index contributed by atoms with van der Waals surface area (Å²) in [4.78, 5) is 0. The topological polar surface area (TPSA) is 0 Å². The van der Waals surface area contributed by atoms with Crippen LogP contribution < -0.4 is 0 Å². The van der Waals surface area contributed by atoms with Gasteiger partial charge in [-0.3, -0.25) is 0 Å². The lowest BCUT2D eigenvalue weighted by Crippen LogP contribution is -2.60. The third-order valence-electron chi connectivity index (χ3n) is 5.93. The molecule has 0 atom stereocenters. The van der Waals surface area contributed by atoms with E-state index in [4.69, 9.17) is 12.6 Å². The quantitative estimate of drug-likeness (QED) is 0.535. The van der Waals surface area contributed by atoms with E-state index in [0.29, 0.717) is 0 Å². The molecule has 0 spiro atoms. The van der Waals surface area contributed by atoms with Crippen molar-refractivity contribution in [3.63, 3.8) is 0 Å². The summed E-state index contributed by atoms with van der Waals surface area (Å²) >= 11 is 5.22. The maximum atomic E-state index is 5.22. The summed E-state index contributed by atoms with van der Waals surface area (Å²) in [5, 5.41) is 0. The molecule has 0 aromatic rings. The highest BCUT2D eigenvalue weighted by Crippen LogP contribution is 2.65. The van der Waals surface area contributed by atoms with Gasteiger partial charge in [0.1, 0.15) is 0 Å². The van der Waals surface area contributed by atoms with Gasteiger partial charge in [-0.25, -0.2) is 0 Å². The van der Waals surface area contributed by atoms with Crippen LogP contribution in [0.5, 0.6) is 0 Å². The highest BCUT2D eigenvalue weighted by atomic mass is 32.1. The van der Waals surface area contributed by atoms with Crippen LogP contribution in [-0.2, 0) is 0 Å². The van der Waals surface area contributed by atoms with Gasteiger partial charge in [-0.2, -0.15) is 12.6 Å². The highest BCUT2D eigenvalue weighted by molar-refractivity contribution is 7.82. The lowest BCUT2D eigenvalue weighted by atomic mass is 9.46. The molecule has 0 aliphatic heterocycles. The van der Waals surface area contributed by atoms with Crippen LogP contribution in [0.2, 0.25) is 0 Å². The van der Waals surface area contributed by atoms with E-state index in [1.54, 1.807) is 0 Å². The Labute approximate surface area is 105 Å². The molecule has 4 fully saturated rings. The van der Waals surface area contributed by atoms with E-state index in [-0.39, 0.29) is 10.2 Å². The Balaban J connectivity index is 1.99. The van der Waals surface area contributed by atoms with Crippen LogP contribution in [0.3, 0.4) is 0 Å². The molecule has 90 valence electrons. The lowest BCUT2D eigenvalue weighted by molar-refractivity contribution is -0.0487. The Bertz CT molecular complexity index is 287. The predicted molar refractivity (Wildman–Crippen MR) is 72.7 cm³/mol. The maximum absolute atomic E-state index is 5.22. The number of hydrogen-bond acceptors (Lipinski definition) is 1. The standard InChI is InChI=1S/C15H24S/c1-4-14(2,3)15(16)12-6-10-5-11(8-12)9-13(15)7-10/h4,10-13,16H,1,5-9H2,2-3H3. The molecule has 0 saturated heterocycles. The van der Waals surface area contributed by atoms with Crippen molar-refractivity contribution in [3.8, 4) is 0 Å². The van der Waals surface area contributed by atoms with Gasteiger partial charge in [-0.15, -0.1) is 6.58 Å². The van der Waals surface area contributed by atoms with Crippen LogP contribution in [0.1, 0.15) is 46.0 Å². The molecule has 0 unspecified atom stereocenters. The van der Waals surface area contributed by atoms with E-state index in [2.05, 4.69) is 26.5 Å². The summed E-state index contributed by atoms with van der Waals surface area (Å²) in [5.74, 6) is 3.76. The molecule has 0 amide bonds. The van der Waals surface area contributed by atoms with Gasteiger partial charge in [0.05, 0.1) is 0 Å². The molecule has 0 aromatic heterocycles. The molecule has 16 heavy (non-hydrogen) atoms. The van der Waals surface area contributed by atoms with Gasteiger partial charge in [-0.1, -0.05) is 19.9 Å². The predicted octanol–water partition coefficient (Wildman–Crippen LogP) is 4.32. The molecule has 4 rings (SSSR count). The maximum Gasteiger partial charge on any atom is 0.0271 e. The minimum atomic E-state index is 0.179. The molecule has 1 heteroatoms. The Hall–Kier alpha value is 0.0900. The highest BCUT2D eigenvalue weighted by Gasteiger charge is 2.60. The van der Waals surface area contributed by atoms with Crippen molar-refractivity contribution in [2.24, 2.45) is 29.1 Å². The molecule has 4 aliphatic carbocycles. The van der Waals surface area contributed by atoms with E-state index in [1.165, 1.54) is 32.1 Å². The van der Waals surface area contributed by atoms with Crippen LogP contribution in [0.4, 0.5) is 0 Å². The van der Waals surface area contributed by atoms with Gasteiger partial charge in [0.2, 0.25) is 0 Å². The van der Waals surface area contributed by atoms with Crippen molar-refractivity contribution in [1.29, 1.82) is 0 Å². The van der Waals surface area contributed by atoms with Crippen molar-refractivity contribution >= 4 is 12.6 Å². The first-order valence-corrected chi connectivity index (χ1v) is 7.28. The summed E-state index contributed by atoms with van der Waals surface area (Å²) in [6.07, 6.45) is 9.43.